The summed E-state index contributed by atoms with van der Waals surface area (Å²) >= 11 is 7.88. The van der Waals surface area contributed by atoms with Gasteiger partial charge in [0.2, 0.25) is 0 Å². The highest BCUT2D eigenvalue weighted by molar-refractivity contribution is 7.99. The highest BCUT2D eigenvalue weighted by Crippen LogP contribution is 2.10. The van der Waals surface area contributed by atoms with Crippen LogP contribution in [0, 0.1) is 0 Å². The molecule has 3 heteroatoms. The van der Waals surface area contributed by atoms with Crippen molar-refractivity contribution >= 4 is 23.4 Å². The topological polar surface area (TPSA) is 12.0 Å². The van der Waals surface area contributed by atoms with Crippen LogP contribution in [0.3, 0.4) is 0 Å². The van der Waals surface area contributed by atoms with Crippen LogP contribution in [-0.4, -0.2) is 17.5 Å². The molecule has 1 atom stereocenters. The Kier molecular flexibility index (Phi) is 6.15. The molecule has 1 unspecified atom stereocenters. The summed E-state index contributed by atoms with van der Waals surface area (Å²) in [6, 6.07) is 8.55. The second-order valence-corrected chi connectivity index (χ2v) is 5.33. The molecule has 0 aliphatic rings. The quantitative estimate of drug-likeness (QED) is 0.820. The Hall–Kier alpha value is -0.180. The number of halogens is 1. The summed E-state index contributed by atoms with van der Waals surface area (Å²) in [5, 5.41) is 4.29. The molecule has 1 nitrogen and oxygen atoms in total. The van der Waals surface area contributed by atoms with E-state index in [1.807, 2.05) is 30.0 Å². The van der Waals surface area contributed by atoms with Gasteiger partial charge in [0.05, 0.1) is 0 Å². The fraction of sp³-hybridized carbons (Fsp3) is 0.500. The van der Waals surface area contributed by atoms with Crippen molar-refractivity contribution in [1.29, 1.82) is 0 Å². The first-order valence-electron chi connectivity index (χ1n) is 5.28. The Labute approximate surface area is 102 Å². The predicted molar refractivity (Wildman–Crippen MR) is 70.8 cm³/mol. The van der Waals surface area contributed by atoms with Crippen molar-refractivity contribution in [3.63, 3.8) is 0 Å². The Morgan fingerprint density at radius 3 is 2.93 bits per heavy atom. The standard InChI is InChI=1S/C12H18ClNS/c1-3-15-9-10(2)14-8-11-5-4-6-12(13)7-11/h4-7,10,14H,3,8-9H2,1-2H3. The Balaban J connectivity index is 2.30. The van der Waals surface area contributed by atoms with Crippen LogP contribution in [-0.2, 0) is 6.54 Å². The zero-order chi connectivity index (χ0) is 11.1. The van der Waals surface area contributed by atoms with E-state index in [1.54, 1.807) is 0 Å². The zero-order valence-electron chi connectivity index (χ0n) is 9.29. The van der Waals surface area contributed by atoms with E-state index in [1.165, 1.54) is 11.3 Å². The summed E-state index contributed by atoms with van der Waals surface area (Å²) in [6.07, 6.45) is 0. The normalized spacial score (nSPS) is 12.7. The van der Waals surface area contributed by atoms with E-state index in [0.717, 1.165) is 17.3 Å². The second kappa shape index (κ2) is 7.15. The molecule has 1 aromatic rings. The molecule has 15 heavy (non-hydrogen) atoms. The Morgan fingerprint density at radius 1 is 1.47 bits per heavy atom. The molecule has 0 fully saturated rings. The second-order valence-electron chi connectivity index (χ2n) is 3.57. The van der Waals surface area contributed by atoms with Gasteiger partial charge in [-0.05, 0) is 30.4 Å². The number of hydrogen-bond acceptors (Lipinski definition) is 2. The van der Waals surface area contributed by atoms with Crippen molar-refractivity contribution in [3.8, 4) is 0 Å². The summed E-state index contributed by atoms with van der Waals surface area (Å²) in [5.41, 5.74) is 1.25. The SMILES string of the molecule is CCSCC(C)NCc1cccc(Cl)c1. The number of benzene rings is 1. The van der Waals surface area contributed by atoms with Crippen molar-refractivity contribution in [2.45, 2.75) is 26.4 Å². The Bertz CT molecular complexity index is 291. The molecule has 1 rings (SSSR count). The van der Waals surface area contributed by atoms with Gasteiger partial charge in [-0.2, -0.15) is 11.8 Å². The van der Waals surface area contributed by atoms with Crippen LogP contribution in [0.1, 0.15) is 19.4 Å². The molecule has 0 heterocycles. The molecule has 0 amide bonds. The lowest BCUT2D eigenvalue weighted by Gasteiger charge is -2.12. The van der Waals surface area contributed by atoms with Gasteiger partial charge in [-0.3, -0.25) is 0 Å². The van der Waals surface area contributed by atoms with E-state index in [9.17, 15) is 0 Å². The van der Waals surface area contributed by atoms with E-state index in [0.29, 0.717) is 6.04 Å². The lowest BCUT2D eigenvalue weighted by molar-refractivity contribution is 0.596. The van der Waals surface area contributed by atoms with Crippen LogP contribution in [0.2, 0.25) is 5.02 Å². The van der Waals surface area contributed by atoms with Gasteiger partial charge in [0, 0.05) is 23.4 Å². The molecule has 0 radical (unpaired) electrons. The van der Waals surface area contributed by atoms with Gasteiger partial charge in [-0.1, -0.05) is 30.7 Å². The summed E-state index contributed by atoms with van der Waals surface area (Å²) < 4.78 is 0. The highest BCUT2D eigenvalue weighted by Gasteiger charge is 2.01. The molecule has 84 valence electrons. The summed E-state index contributed by atoms with van der Waals surface area (Å²) in [5.74, 6) is 2.35. The molecule has 0 bridgehead atoms. The van der Waals surface area contributed by atoms with Gasteiger partial charge in [-0.15, -0.1) is 0 Å². The molecule has 0 aliphatic carbocycles. The first kappa shape index (κ1) is 12.9. The average Bonchev–Trinajstić information content (AvgIpc) is 2.23. The maximum absolute atomic E-state index is 5.91. The zero-order valence-corrected chi connectivity index (χ0v) is 10.9. The summed E-state index contributed by atoms with van der Waals surface area (Å²) in [4.78, 5) is 0. The summed E-state index contributed by atoms with van der Waals surface area (Å²) in [7, 11) is 0. The van der Waals surface area contributed by atoms with Gasteiger partial charge < -0.3 is 5.32 Å². The van der Waals surface area contributed by atoms with Gasteiger partial charge in [0.15, 0.2) is 0 Å². The molecule has 0 aromatic heterocycles. The smallest absolute Gasteiger partial charge is 0.0409 e. The third-order valence-electron chi connectivity index (χ3n) is 2.12. The number of rotatable bonds is 6. The number of hydrogen-bond donors (Lipinski definition) is 1. The first-order chi connectivity index (χ1) is 7.22. The van der Waals surface area contributed by atoms with E-state index in [-0.39, 0.29) is 0 Å². The minimum atomic E-state index is 0.550. The van der Waals surface area contributed by atoms with Crippen LogP contribution in [0.5, 0.6) is 0 Å². The average molecular weight is 244 g/mol. The molecule has 0 aliphatic heterocycles. The van der Waals surface area contributed by atoms with E-state index < -0.39 is 0 Å². The molecule has 1 N–H and O–H groups in total. The molecule has 0 spiro atoms. The molecular formula is C12H18ClNS. The lowest BCUT2D eigenvalue weighted by Crippen LogP contribution is -2.27. The van der Waals surface area contributed by atoms with E-state index >= 15 is 0 Å². The largest absolute Gasteiger partial charge is 0.309 e. The molecular weight excluding hydrogens is 226 g/mol. The third kappa shape index (κ3) is 5.45. The van der Waals surface area contributed by atoms with Crippen LogP contribution in [0.25, 0.3) is 0 Å². The van der Waals surface area contributed by atoms with Gasteiger partial charge in [0.1, 0.15) is 0 Å². The Morgan fingerprint density at radius 2 is 2.27 bits per heavy atom. The van der Waals surface area contributed by atoms with Crippen molar-refractivity contribution < 1.29 is 0 Å². The first-order valence-corrected chi connectivity index (χ1v) is 6.81. The van der Waals surface area contributed by atoms with E-state index in [4.69, 9.17) is 11.6 Å². The third-order valence-corrected chi connectivity index (χ3v) is 3.49. The minimum Gasteiger partial charge on any atom is -0.309 e. The monoisotopic (exact) mass is 243 g/mol. The van der Waals surface area contributed by atoms with E-state index in [2.05, 4.69) is 25.2 Å². The fourth-order valence-corrected chi connectivity index (χ4v) is 2.21. The lowest BCUT2D eigenvalue weighted by atomic mass is 10.2. The molecule has 0 saturated carbocycles. The van der Waals surface area contributed by atoms with Crippen LogP contribution >= 0.6 is 23.4 Å². The van der Waals surface area contributed by atoms with Crippen molar-refractivity contribution in [2.75, 3.05) is 11.5 Å². The van der Waals surface area contributed by atoms with Crippen molar-refractivity contribution in [1.82, 2.24) is 5.32 Å². The van der Waals surface area contributed by atoms with Gasteiger partial charge >= 0.3 is 0 Å². The van der Waals surface area contributed by atoms with Crippen LogP contribution < -0.4 is 5.32 Å². The van der Waals surface area contributed by atoms with Crippen molar-refractivity contribution in [2.24, 2.45) is 0 Å². The fourth-order valence-electron chi connectivity index (χ4n) is 1.29. The summed E-state index contributed by atoms with van der Waals surface area (Å²) in [6.45, 7) is 5.30. The van der Waals surface area contributed by atoms with Crippen LogP contribution in [0.15, 0.2) is 24.3 Å². The molecule has 1 aromatic carbocycles. The van der Waals surface area contributed by atoms with Crippen LogP contribution in [0.4, 0.5) is 0 Å². The number of nitrogens with one attached hydrogen (secondary N) is 1. The maximum Gasteiger partial charge on any atom is 0.0409 e. The minimum absolute atomic E-state index is 0.550. The van der Waals surface area contributed by atoms with Gasteiger partial charge in [0.25, 0.3) is 0 Å². The van der Waals surface area contributed by atoms with Gasteiger partial charge in [-0.25, -0.2) is 0 Å². The maximum atomic E-state index is 5.91. The van der Waals surface area contributed by atoms with Crippen molar-refractivity contribution in [3.05, 3.63) is 34.9 Å². The number of thioether (sulfide) groups is 1. The predicted octanol–water partition coefficient (Wildman–Crippen LogP) is 3.57. The highest BCUT2D eigenvalue weighted by atomic mass is 35.5. The molecule has 0 saturated heterocycles.